The third kappa shape index (κ3) is 3.61. The molecule has 1 aromatic carbocycles. The van der Waals surface area contributed by atoms with Crippen LogP contribution in [0, 0.1) is 11.7 Å². The standard InChI is InChI=1S/C25H23FN6O/c1-14-20-11-18(26)6-7-19(20)23-16(3-2-8-28-23)9-21-24(32(31-30-21)13-15-4-5-15)17-10-22(33-14)25(27)29-12-17/h2-3,6-8,10-12,14-15H,4-5,9,13H2,1H3,(H2,27,29). The molecule has 2 aliphatic rings. The number of nitrogens with zero attached hydrogens (tertiary/aromatic N) is 5. The number of fused-ring (bicyclic) bond motifs is 7. The number of nitrogen functional groups attached to an aromatic ring is 1. The van der Waals surface area contributed by atoms with Crippen LogP contribution in [0.5, 0.6) is 5.75 Å². The van der Waals surface area contributed by atoms with E-state index in [-0.39, 0.29) is 11.6 Å². The molecule has 0 radical (unpaired) electrons. The predicted octanol–water partition coefficient (Wildman–Crippen LogP) is 4.58. The number of anilines is 1. The van der Waals surface area contributed by atoms with E-state index in [1.54, 1.807) is 18.5 Å². The van der Waals surface area contributed by atoms with Crippen LogP contribution in [-0.4, -0.2) is 25.0 Å². The topological polar surface area (TPSA) is 91.7 Å². The van der Waals surface area contributed by atoms with Crippen molar-refractivity contribution in [3.05, 3.63) is 71.4 Å². The van der Waals surface area contributed by atoms with Gasteiger partial charge in [-0.05, 0) is 61.6 Å². The number of aromatic nitrogens is 5. The van der Waals surface area contributed by atoms with Crippen LogP contribution in [0.15, 0.2) is 48.8 Å². The Labute approximate surface area is 190 Å². The van der Waals surface area contributed by atoms with Gasteiger partial charge in [0.05, 0.1) is 17.1 Å². The maximum atomic E-state index is 14.3. The van der Waals surface area contributed by atoms with Gasteiger partial charge in [0.1, 0.15) is 11.9 Å². The summed E-state index contributed by atoms with van der Waals surface area (Å²) in [5, 5.41) is 9.04. The lowest BCUT2D eigenvalue weighted by atomic mass is 9.94. The highest BCUT2D eigenvalue weighted by atomic mass is 19.1. The minimum atomic E-state index is -0.474. The molecule has 1 unspecified atom stereocenters. The fraction of sp³-hybridized carbons (Fsp3) is 0.280. The van der Waals surface area contributed by atoms with Gasteiger partial charge in [-0.25, -0.2) is 14.1 Å². The molecule has 6 rings (SSSR count). The van der Waals surface area contributed by atoms with Gasteiger partial charge in [-0.15, -0.1) is 5.10 Å². The van der Waals surface area contributed by atoms with Crippen molar-refractivity contribution in [3.8, 4) is 28.3 Å². The number of pyridine rings is 2. The largest absolute Gasteiger partial charge is 0.482 e. The molecule has 1 saturated carbocycles. The molecule has 8 heteroatoms. The van der Waals surface area contributed by atoms with Gasteiger partial charge in [0.25, 0.3) is 0 Å². The second kappa shape index (κ2) is 7.65. The molecule has 0 amide bonds. The smallest absolute Gasteiger partial charge is 0.166 e. The molecular formula is C25H23FN6O. The Morgan fingerprint density at radius 1 is 1.18 bits per heavy atom. The van der Waals surface area contributed by atoms with Gasteiger partial charge in [-0.3, -0.25) is 4.98 Å². The van der Waals surface area contributed by atoms with Crippen molar-refractivity contribution in [1.29, 1.82) is 0 Å². The van der Waals surface area contributed by atoms with Crippen molar-refractivity contribution in [1.82, 2.24) is 25.0 Å². The predicted molar refractivity (Wildman–Crippen MR) is 122 cm³/mol. The third-order valence-corrected chi connectivity index (χ3v) is 6.35. The summed E-state index contributed by atoms with van der Waals surface area (Å²) in [5.41, 5.74) is 12.0. The van der Waals surface area contributed by atoms with Crippen molar-refractivity contribution >= 4 is 5.82 Å². The number of hydrogen-bond acceptors (Lipinski definition) is 6. The lowest BCUT2D eigenvalue weighted by Crippen LogP contribution is -2.11. The first-order valence-corrected chi connectivity index (χ1v) is 11.2. The quantitative estimate of drug-likeness (QED) is 0.489. The molecule has 4 heterocycles. The summed E-state index contributed by atoms with van der Waals surface area (Å²) >= 11 is 0. The van der Waals surface area contributed by atoms with E-state index in [1.165, 1.54) is 25.0 Å². The van der Waals surface area contributed by atoms with E-state index in [0.29, 0.717) is 23.7 Å². The van der Waals surface area contributed by atoms with Crippen LogP contribution in [0.2, 0.25) is 0 Å². The van der Waals surface area contributed by atoms with Crippen molar-refractivity contribution in [3.63, 3.8) is 0 Å². The summed E-state index contributed by atoms with van der Waals surface area (Å²) in [6.45, 7) is 2.70. The van der Waals surface area contributed by atoms with E-state index < -0.39 is 6.10 Å². The van der Waals surface area contributed by atoms with E-state index in [1.807, 2.05) is 29.8 Å². The van der Waals surface area contributed by atoms with E-state index >= 15 is 0 Å². The molecule has 1 atom stereocenters. The van der Waals surface area contributed by atoms with Crippen LogP contribution in [0.4, 0.5) is 10.2 Å². The number of ether oxygens (including phenoxy) is 1. The Bertz CT molecular complexity index is 1360. The average molecular weight is 442 g/mol. The van der Waals surface area contributed by atoms with E-state index in [9.17, 15) is 4.39 Å². The number of halogens is 1. The summed E-state index contributed by atoms with van der Waals surface area (Å²) in [6.07, 6.45) is 5.97. The van der Waals surface area contributed by atoms with Gasteiger partial charge in [0.15, 0.2) is 11.6 Å². The van der Waals surface area contributed by atoms with Crippen molar-refractivity contribution < 1.29 is 9.13 Å². The highest BCUT2D eigenvalue weighted by molar-refractivity contribution is 5.71. The zero-order valence-corrected chi connectivity index (χ0v) is 18.2. The molecule has 166 valence electrons. The second-order valence-corrected chi connectivity index (χ2v) is 8.80. The SMILES string of the molecule is CC1Oc2cc(cnc2N)-c2c(nnn2CC2CC2)Cc2cccnc2-c2ccc(F)cc21. The van der Waals surface area contributed by atoms with E-state index in [2.05, 4.69) is 20.3 Å². The summed E-state index contributed by atoms with van der Waals surface area (Å²) in [7, 11) is 0. The molecule has 1 fully saturated rings. The Morgan fingerprint density at radius 3 is 2.91 bits per heavy atom. The van der Waals surface area contributed by atoms with Gasteiger partial charge in [0, 0.05) is 42.0 Å². The lowest BCUT2D eigenvalue weighted by Gasteiger charge is -2.21. The van der Waals surface area contributed by atoms with Crippen LogP contribution in [-0.2, 0) is 13.0 Å². The lowest BCUT2D eigenvalue weighted by molar-refractivity contribution is 0.227. The zero-order valence-electron chi connectivity index (χ0n) is 18.2. The monoisotopic (exact) mass is 442 g/mol. The molecule has 7 nitrogen and oxygen atoms in total. The van der Waals surface area contributed by atoms with Gasteiger partial charge < -0.3 is 10.5 Å². The van der Waals surface area contributed by atoms with E-state index in [4.69, 9.17) is 10.5 Å². The van der Waals surface area contributed by atoms with Crippen molar-refractivity contribution in [2.75, 3.05) is 5.73 Å². The van der Waals surface area contributed by atoms with Gasteiger partial charge in [-0.1, -0.05) is 11.3 Å². The fourth-order valence-electron chi connectivity index (χ4n) is 4.48. The minimum absolute atomic E-state index is 0.280. The maximum absolute atomic E-state index is 14.3. The van der Waals surface area contributed by atoms with Gasteiger partial charge in [0.2, 0.25) is 0 Å². The first-order valence-electron chi connectivity index (χ1n) is 11.2. The number of rotatable bonds is 2. The Balaban J connectivity index is 1.60. The molecular weight excluding hydrogens is 419 g/mol. The fourth-order valence-corrected chi connectivity index (χ4v) is 4.48. The number of benzene rings is 1. The van der Waals surface area contributed by atoms with Gasteiger partial charge >= 0.3 is 0 Å². The summed E-state index contributed by atoms with van der Waals surface area (Å²) in [4.78, 5) is 9.06. The number of hydrogen-bond donors (Lipinski definition) is 1. The molecule has 33 heavy (non-hydrogen) atoms. The van der Waals surface area contributed by atoms with Crippen LogP contribution in [0.25, 0.3) is 22.5 Å². The van der Waals surface area contributed by atoms with Crippen LogP contribution in [0.1, 0.15) is 42.7 Å². The molecule has 1 aliphatic heterocycles. The summed E-state index contributed by atoms with van der Waals surface area (Å²) in [5.74, 6) is 1.02. The Hall–Kier alpha value is -3.81. The highest BCUT2D eigenvalue weighted by Crippen LogP contribution is 2.39. The van der Waals surface area contributed by atoms with Crippen LogP contribution >= 0.6 is 0 Å². The third-order valence-electron chi connectivity index (χ3n) is 6.35. The molecule has 3 aromatic heterocycles. The molecule has 0 spiro atoms. The Kier molecular flexibility index (Phi) is 4.60. The normalized spacial score (nSPS) is 17.1. The molecule has 2 bridgehead atoms. The first-order chi connectivity index (χ1) is 16.1. The van der Waals surface area contributed by atoms with Crippen molar-refractivity contribution in [2.45, 2.75) is 38.8 Å². The summed E-state index contributed by atoms with van der Waals surface area (Å²) < 4.78 is 22.5. The molecule has 2 N–H and O–H groups in total. The van der Waals surface area contributed by atoms with Crippen LogP contribution < -0.4 is 10.5 Å². The van der Waals surface area contributed by atoms with E-state index in [0.717, 1.165) is 40.3 Å². The van der Waals surface area contributed by atoms with Gasteiger partial charge in [-0.2, -0.15) is 0 Å². The first kappa shape index (κ1) is 19.8. The highest BCUT2D eigenvalue weighted by Gasteiger charge is 2.27. The second-order valence-electron chi connectivity index (χ2n) is 8.80. The summed E-state index contributed by atoms with van der Waals surface area (Å²) in [6, 6.07) is 10.5. The molecule has 0 saturated heterocycles. The minimum Gasteiger partial charge on any atom is -0.482 e. The van der Waals surface area contributed by atoms with Crippen molar-refractivity contribution in [2.24, 2.45) is 5.92 Å². The maximum Gasteiger partial charge on any atom is 0.166 e. The zero-order chi connectivity index (χ0) is 22.5. The molecule has 1 aliphatic carbocycles. The number of nitrogens with two attached hydrogens (primary N) is 1. The molecule has 4 aromatic rings. The van der Waals surface area contributed by atoms with Crippen LogP contribution in [0.3, 0.4) is 0 Å². The average Bonchev–Trinajstić information content (AvgIpc) is 3.54. The Morgan fingerprint density at radius 2 is 2.06 bits per heavy atom.